The first-order chi connectivity index (χ1) is 8.61. The summed E-state index contributed by atoms with van der Waals surface area (Å²) in [5, 5.41) is 0. The highest BCUT2D eigenvalue weighted by Gasteiger charge is 2.08. The highest BCUT2D eigenvalue weighted by molar-refractivity contribution is 5.74. The van der Waals surface area contributed by atoms with Gasteiger partial charge in [-0.3, -0.25) is 0 Å². The Labute approximate surface area is 107 Å². The van der Waals surface area contributed by atoms with E-state index < -0.39 is 0 Å². The molecule has 0 fully saturated rings. The third-order valence-corrected chi connectivity index (χ3v) is 3.09. The van der Waals surface area contributed by atoms with Crippen LogP contribution in [0.25, 0.3) is 0 Å². The molecule has 2 aromatic carbocycles. The number of nitrogens with two attached hydrogens (primary N) is 1. The summed E-state index contributed by atoms with van der Waals surface area (Å²) in [6.07, 6.45) is 1.01. The van der Waals surface area contributed by atoms with Gasteiger partial charge in [-0.2, -0.15) is 0 Å². The molecule has 0 spiro atoms. The zero-order valence-electron chi connectivity index (χ0n) is 10.7. The minimum Gasteiger partial charge on any atom is -0.397 e. The van der Waals surface area contributed by atoms with Crippen LogP contribution in [-0.4, -0.2) is 7.05 Å². The van der Waals surface area contributed by atoms with Gasteiger partial charge < -0.3 is 10.6 Å². The Bertz CT molecular complexity index is 535. The van der Waals surface area contributed by atoms with Gasteiger partial charge in [-0.1, -0.05) is 19.1 Å². The van der Waals surface area contributed by atoms with Crippen LogP contribution in [0.1, 0.15) is 12.5 Å². The van der Waals surface area contributed by atoms with Crippen molar-refractivity contribution in [3.05, 3.63) is 53.8 Å². The van der Waals surface area contributed by atoms with Gasteiger partial charge in [0.1, 0.15) is 5.82 Å². The van der Waals surface area contributed by atoms with E-state index in [1.165, 1.54) is 17.7 Å². The van der Waals surface area contributed by atoms with Crippen molar-refractivity contribution in [2.24, 2.45) is 0 Å². The minimum atomic E-state index is -0.281. The standard InChI is InChI=1S/C15H17FN2/c1-3-11-4-7-13(8-5-11)18(2)15-10-12(16)6-9-14(15)17/h4-10H,3,17H2,1-2H3. The molecule has 2 N–H and O–H groups in total. The summed E-state index contributed by atoms with van der Waals surface area (Å²) in [6.45, 7) is 2.11. The molecule has 94 valence electrons. The Kier molecular flexibility index (Phi) is 3.51. The minimum absolute atomic E-state index is 0.281. The summed E-state index contributed by atoms with van der Waals surface area (Å²) >= 11 is 0. The van der Waals surface area contributed by atoms with Crippen LogP contribution >= 0.6 is 0 Å². The fraction of sp³-hybridized carbons (Fsp3) is 0.200. The lowest BCUT2D eigenvalue weighted by molar-refractivity contribution is 0.628. The molecule has 0 aliphatic heterocycles. The van der Waals surface area contributed by atoms with Gasteiger partial charge in [-0.15, -0.1) is 0 Å². The molecule has 18 heavy (non-hydrogen) atoms. The summed E-state index contributed by atoms with van der Waals surface area (Å²) in [5.41, 5.74) is 9.39. The molecule has 0 saturated heterocycles. The second-order valence-corrected chi connectivity index (χ2v) is 4.28. The lowest BCUT2D eigenvalue weighted by Crippen LogP contribution is -2.11. The topological polar surface area (TPSA) is 29.3 Å². The van der Waals surface area contributed by atoms with Crippen molar-refractivity contribution in [3.8, 4) is 0 Å². The van der Waals surface area contributed by atoms with E-state index in [-0.39, 0.29) is 5.82 Å². The first-order valence-corrected chi connectivity index (χ1v) is 5.99. The van der Waals surface area contributed by atoms with Gasteiger partial charge in [0.15, 0.2) is 0 Å². The van der Waals surface area contributed by atoms with Crippen LogP contribution in [0.3, 0.4) is 0 Å². The predicted molar refractivity (Wildman–Crippen MR) is 74.7 cm³/mol. The fourth-order valence-electron chi connectivity index (χ4n) is 1.90. The maximum absolute atomic E-state index is 13.3. The third-order valence-electron chi connectivity index (χ3n) is 3.09. The molecule has 3 heteroatoms. The lowest BCUT2D eigenvalue weighted by Gasteiger charge is -2.21. The number of aryl methyl sites for hydroxylation is 1. The van der Waals surface area contributed by atoms with Crippen LogP contribution in [0.2, 0.25) is 0 Å². The van der Waals surface area contributed by atoms with E-state index in [2.05, 4.69) is 19.1 Å². The van der Waals surface area contributed by atoms with Crippen molar-refractivity contribution in [2.75, 3.05) is 17.7 Å². The number of anilines is 3. The van der Waals surface area contributed by atoms with Gasteiger partial charge in [-0.05, 0) is 42.3 Å². The highest BCUT2D eigenvalue weighted by Crippen LogP contribution is 2.29. The Morgan fingerprint density at radius 2 is 1.78 bits per heavy atom. The molecule has 0 unspecified atom stereocenters. The van der Waals surface area contributed by atoms with E-state index in [9.17, 15) is 4.39 Å². The molecule has 0 aromatic heterocycles. The number of hydrogen-bond donors (Lipinski definition) is 1. The Hall–Kier alpha value is -2.03. The van der Waals surface area contributed by atoms with Crippen LogP contribution in [0.5, 0.6) is 0 Å². The molecular formula is C15H17FN2. The number of halogens is 1. The molecule has 2 rings (SSSR count). The average Bonchev–Trinajstić information content (AvgIpc) is 2.41. The average molecular weight is 244 g/mol. The van der Waals surface area contributed by atoms with Crippen LogP contribution in [0.4, 0.5) is 21.5 Å². The number of hydrogen-bond acceptors (Lipinski definition) is 2. The first kappa shape index (κ1) is 12.4. The summed E-state index contributed by atoms with van der Waals surface area (Å²) < 4.78 is 13.3. The Morgan fingerprint density at radius 1 is 1.11 bits per heavy atom. The highest BCUT2D eigenvalue weighted by atomic mass is 19.1. The van der Waals surface area contributed by atoms with E-state index >= 15 is 0 Å². The van der Waals surface area contributed by atoms with E-state index in [4.69, 9.17) is 5.73 Å². The third kappa shape index (κ3) is 2.45. The van der Waals surface area contributed by atoms with Gasteiger partial charge >= 0.3 is 0 Å². The predicted octanol–water partition coefficient (Wildman–Crippen LogP) is 3.74. The van der Waals surface area contributed by atoms with Crippen LogP contribution in [0.15, 0.2) is 42.5 Å². The maximum atomic E-state index is 13.3. The van der Waals surface area contributed by atoms with E-state index in [0.717, 1.165) is 12.1 Å². The zero-order chi connectivity index (χ0) is 13.1. The van der Waals surface area contributed by atoms with Gasteiger partial charge in [0.05, 0.1) is 11.4 Å². The summed E-state index contributed by atoms with van der Waals surface area (Å²) in [7, 11) is 1.88. The second-order valence-electron chi connectivity index (χ2n) is 4.28. The molecule has 0 heterocycles. The van der Waals surface area contributed by atoms with Crippen molar-refractivity contribution in [1.82, 2.24) is 0 Å². The van der Waals surface area contributed by atoms with Gasteiger partial charge in [0.2, 0.25) is 0 Å². The van der Waals surface area contributed by atoms with Crippen molar-refractivity contribution in [1.29, 1.82) is 0 Å². The van der Waals surface area contributed by atoms with Crippen LogP contribution < -0.4 is 10.6 Å². The largest absolute Gasteiger partial charge is 0.397 e. The molecule has 2 aromatic rings. The summed E-state index contributed by atoms with van der Waals surface area (Å²) in [4.78, 5) is 1.89. The molecular weight excluding hydrogens is 227 g/mol. The van der Waals surface area contributed by atoms with Gasteiger partial charge in [0.25, 0.3) is 0 Å². The molecule has 0 bridgehead atoms. The maximum Gasteiger partial charge on any atom is 0.125 e. The SMILES string of the molecule is CCc1ccc(N(C)c2cc(F)ccc2N)cc1. The van der Waals surface area contributed by atoms with E-state index in [0.29, 0.717) is 11.4 Å². The first-order valence-electron chi connectivity index (χ1n) is 5.99. The van der Waals surface area contributed by atoms with Gasteiger partial charge in [0, 0.05) is 12.7 Å². The number of nitrogens with zero attached hydrogens (tertiary/aromatic N) is 1. The monoisotopic (exact) mass is 244 g/mol. The Morgan fingerprint density at radius 3 is 2.39 bits per heavy atom. The number of rotatable bonds is 3. The molecule has 2 nitrogen and oxygen atoms in total. The van der Waals surface area contributed by atoms with E-state index in [1.54, 1.807) is 6.07 Å². The molecule has 0 radical (unpaired) electrons. The summed E-state index contributed by atoms with van der Waals surface area (Å²) in [6, 6.07) is 12.6. The van der Waals surface area contributed by atoms with Crippen LogP contribution in [-0.2, 0) is 6.42 Å². The quantitative estimate of drug-likeness (QED) is 0.833. The van der Waals surface area contributed by atoms with Crippen molar-refractivity contribution < 1.29 is 4.39 Å². The van der Waals surface area contributed by atoms with E-state index in [1.807, 2.05) is 24.1 Å². The van der Waals surface area contributed by atoms with Crippen LogP contribution in [0, 0.1) is 5.82 Å². The lowest BCUT2D eigenvalue weighted by atomic mass is 10.1. The van der Waals surface area contributed by atoms with Gasteiger partial charge in [-0.25, -0.2) is 4.39 Å². The zero-order valence-corrected chi connectivity index (χ0v) is 10.7. The smallest absolute Gasteiger partial charge is 0.125 e. The molecule has 0 atom stereocenters. The normalized spacial score (nSPS) is 10.4. The fourth-order valence-corrected chi connectivity index (χ4v) is 1.90. The molecule has 0 amide bonds. The second kappa shape index (κ2) is 5.08. The molecule has 0 aliphatic carbocycles. The van der Waals surface area contributed by atoms with Crippen molar-refractivity contribution in [3.63, 3.8) is 0 Å². The molecule has 0 saturated carbocycles. The Balaban J connectivity index is 2.34. The molecule has 0 aliphatic rings. The summed E-state index contributed by atoms with van der Waals surface area (Å²) in [5.74, 6) is -0.281. The van der Waals surface area contributed by atoms with Crippen molar-refractivity contribution in [2.45, 2.75) is 13.3 Å². The number of nitrogen functional groups attached to an aromatic ring is 1. The van der Waals surface area contributed by atoms with Crippen molar-refractivity contribution >= 4 is 17.1 Å². The number of benzene rings is 2.